The molecule has 0 aliphatic heterocycles. The maximum atomic E-state index is 9.95. The summed E-state index contributed by atoms with van der Waals surface area (Å²) in [4.78, 5) is 0. The molecule has 1 atom stereocenters. The van der Waals surface area contributed by atoms with E-state index in [1.165, 1.54) is 0 Å². The van der Waals surface area contributed by atoms with E-state index >= 15 is 0 Å². The Morgan fingerprint density at radius 3 is 1.69 bits per heavy atom. The Morgan fingerprint density at radius 1 is 0.875 bits per heavy atom. The van der Waals surface area contributed by atoms with Crippen molar-refractivity contribution >= 4 is 0 Å². The van der Waals surface area contributed by atoms with Gasteiger partial charge in [0.1, 0.15) is 5.60 Å². The zero-order chi connectivity index (χ0) is 12.7. The largest absolute Gasteiger partial charge is 0.393 e. The molecule has 0 aromatic heterocycles. The molecule has 0 aromatic rings. The van der Waals surface area contributed by atoms with Gasteiger partial charge in [0.2, 0.25) is 0 Å². The third-order valence-electron chi connectivity index (χ3n) is 2.58. The van der Waals surface area contributed by atoms with E-state index < -0.39 is 18.0 Å². The molecule has 1 unspecified atom stereocenters. The van der Waals surface area contributed by atoms with Gasteiger partial charge >= 0.3 is 0 Å². The first-order valence-corrected chi connectivity index (χ1v) is 5.76. The molecule has 0 rings (SSSR count). The van der Waals surface area contributed by atoms with E-state index in [0.717, 1.165) is 0 Å². The van der Waals surface area contributed by atoms with Crippen LogP contribution in [-0.4, -0.2) is 51.6 Å². The summed E-state index contributed by atoms with van der Waals surface area (Å²) < 4.78 is 5.36. The van der Waals surface area contributed by atoms with Gasteiger partial charge in [-0.15, -0.1) is 0 Å². The fourth-order valence-corrected chi connectivity index (χ4v) is 1.74. The summed E-state index contributed by atoms with van der Waals surface area (Å²) in [7, 11) is 0. The van der Waals surface area contributed by atoms with Crippen LogP contribution in [0.2, 0.25) is 0 Å². The second-order valence-corrected chi connectivity index (χ2v) is 4.21. The summed E-state index contributed by atoms with van der Waals surface area (Å²) in [6.07, 6.45) is 2.02. The van der Waals surface area contributed by atoms with Crippen LogP contribution in [-0.2, 0) is 4.74 Å². The fourth-order valence-electron chi connectivity index (χ4n) is 1.74. The molecule has 16 heavy (non-hydrogen) atoms. The molecule has 0 radical (unpaired) electrons. The summed E-state index contributed by atoms with van der Waals surface area (Å²) in [5.41, 5.74) is -1.18. The normalized spacial score (nSPS) is 16.1. The number of aliphatic hydroxyl groups is 4. The minimum absolute atomic E-state index is 0.259. The van der Waals surface area contributed by atoms with Crippen molar-refractivity contribution in [1.82, 2.24) is 0 Å². The van der Waals surface area contributed by atoms with Crippen LogP contribution >= 0.6 is 0 Å². The van der Waals surface area contributed by atoms with Crippen LogP contribution in [0.3, 0.4) is 0 Å². The number of hydrogen-bond acceptors (Lipinski definition) is 5. The zero-order valence-corrected chi connectivity index (χ0v) is 10.1. The first-order valence-electron chi connectivity index (χ1n) is 5.76. The molecule has 0 heterocycles. The van der Waals surface area contributed by atoms with Gasteiger partial charge in [-0.05, 0) is 6.42 Å². The Balaban J connectivity index is 4.68. The maximum absolute atomic E-state index is 9.95. The monoisotopic (exact) mass is 236 g/mol. The average molecular weight is 236 g/mol. The highest BCUT2D eigenvalue weighted by atomic mass is 16.7. The van der Waals surface area contributed by atoms with E-state index in [2.05, 4.69) is 0 Å². The molecular formula is C11H24O5. The lowest BCUT2D eigenvalue weighted by molar-refractivity contribution is -0.299. The van der Waals surface area contributed by atoms with Crippen molar-refractivity contribution in [1.29, 1.82) is 0 Å². The lowest BCUT2D eigenvalue weighted by atomic mass is 9.98. The summed E-state index contributed by atoms with van der Waals surface area (Å²) in [6, 6.07) is 0. The Hall–Kier alpha value is -0.200. The molecule has 0 saturated carbocycles. The van der Waals surface area contributed by atoms with E-state index in [0.29, 0.717) is 19.3 Å². The van der Waals surface area contributed by atoms with Gasteiger partial charge in [0, 0.05) is 6.42 Å². The molecule has 0 amide bonds. The Kier molecular flexibility index (Phi) is 7.10. The van der Waals surface area contributed by atoms with Crippen molar-refractivity contribution < 1.29 is 25.2 Å². The second-order valence-electron chi connectivity index (χ2n) is 4.21. The summed E-state index contributed by atoms with van der Waals surface area (Å²) in [5.74, 6) is -1.69. The van der Waals surface area contributed by atoms with Crippen molar-refractivity contribution in [3.63, 3.8) is 0 Å². The fraction of sp³-hybridized carbons (Fsp3) is 1.00. The molecule has 5 nitrogen and oxygen atoms in total. The number of hydrogen-bond donors (Lipinski definition) is 4. The van der Waals surface area contributed by atoms with Crippen LogP contribution in [0.4, 0.5) is 0 Å². The van der Waals surface area contributed by atoms with Crippen molar-refractivity contribution in [2.75, 3.05) is 19.8 Å². The Bertz CT molecular complexity index is 181. The average Bonchev–Trinajstić information content (AvgIpc) is 2.29. The lowest BCUT2D eigenvalue weighted by Crippen LogP contribution is -2.51. The van der Waals surface area contributed by atoms with Gasteiger partial charge in [-0.2, -0.15) is 0 Å². The van der Waals surface area contributed by atoms with Gasteiger partial charge in [-0.3, -0.25) is 0 Å². The molecule has 0 aliphatic carbocycles. The summed E-state index contributed by atoms with van der Waals surface area (Å²) in [5, 5.41) is 37.6. The van der Waals surface area contributed by atoms with Gasteiger partial charge in [0.15, 0.2) is 5.79 Å². The number of rotatable bonds is 9. The number of aliphatic hydroxyl groups excluding tert-OH is 3. The van der Waals surface area contributed by atoms with Crippen molar-refractivity contribution in [3.8, 4) is 0 Å². The summed E-state index contributed by atoms with van der Waals surface area (Å²) in [6.45, 7) is 2.42. The third-order valence-corrected chi connectivity index (χ3v) is 2.58. The van der Waals surface area contributed by atoms with Crippen LogP contribution in [0.15, 0.2) is 0 Å². The Morgan fingerprint density at radius 2 is 1.38 bits per heavy atom. The highest BCUT2D eigenvalue weighted by Gasteiger charge is 2.39. The second kappa shape index (κ2) is 7.19. The van der Waals surface area contributed by atoms with E-state index in [1.807, 2.05) is 13.8 Å². The lowest BCUT2D eigenvalue weighted by Gasteiger charge is -2.38. The first kappa shape index (κ1) is 15.8. The highest BCUT2D eigenvalue weighted by molar-refractivity contribution is 4.83. The highest BCUT2D eigenvalue weighted by Crippen LogP contribution is 2.26. The predicted molar refractivity (Wildman–Crippen MR) is 59.8 cm³/mol. The van der Waals surface area contributed by atoms with Crippen LogP contribution in [0.5, 0.6) is 0 Å². The maximum Gasteiger partial charge on any atom is 0.189 e. The number of ether oxygens (including phenoxy) is 1. The van der Waals surface area contributed by atoms with Crippen LogP contribution in [0.25, 0.3) is 0 Å². The van der Waals surface area contributed by atoms with Gasteiger partial charge in [-0.1, -0.05) is 26.7 Å². The molecule has 0 bridgehead atoms. The SMILES string of the molecule is CCCC(O)(CO)OC(CO)(CO)CCC. The minimum atomic E-state index is -1.69. The molecule has 5 heteroatoms. The summed E-state index contributed by atoms with van der Waals surface area (Å²) >= 11 is 0. The van der Waals surface area contributed by atoms with Crippen molar-refractivity contribution in [2.45, 2.75) is 50.9 Å². The zero-order valence-electron chi connectivity index (χ0n) is 10.1. The minimum Gasteiger partial charge on any atom is -0.393 e. The molecular weight excluding hydrogens is 212 g/mol. The molecule has 98 valence electrons. The van der Waals surface area contributed by atoms with Crippen molar-refractivity contribution in [2.24, 2.45) is 0 Å². The third kappa shape index (κ3) is 4.35. The van der Waals surface area contributed by atoms with E-state index in [1.54, 1.807) is 0 Å². The van der Waals surface area contributed by atoms with Crippen LogP contribution in [0.1, 0.15) is 39.5 Å². The first-order chi connectivity index (χ1) is 7.51. The van der Waals surface area contributed by atoms with Crippen LogP contribution in [0, 0.1) is 0 Å². The predicted octanol–water partition coefficient (Wildman–Crippen LogP) is 0.00750. The molecule has 0 aliphatic rings. The van der Waals surface area contributed by atoms with Gasteiger partial charge in [0.05, 0.1) is 19.8 Å². The Labute approximate surface area is 96.7 Å². The van der Waals surface area contributed by atoms with E-state index in [9.17, 15) is 15.3 Å². The smallest absolute Gasteiger partial charge is 0.189 e. The van der Waals surface area contributed by atoms with E-state index in [4.69, 9.17) is 9.84 Å². The van der Waals surface area contributed by atoms with Gasteiger partial charge < -0.3 is 25.2 Å². The van der Waals surface area contributed by atoms with Gasteiger partial charge in [-0.25, -0.2) is 0 Å². The molecule has 0 saturated heterocycles. The van der Waals surface area contributed by atoms with Gasteiger partial charge in [0.25, 0.3) is 0 Å². The molecule has 0 spiro atoms. The topological polar surface area (TPSA) is 90.2 Å². The molecule has 4 N–H and O–H groups in total. The molecule has 0 fully saturated rings. The quantitative estimate of drug-likeness (QED) is 0.423. The standard InChI is InChI=1S/C11H24O5/c1-3-5-10(7-12,8-13)16-11(15,9-14)6-4-2/h12-15H,3-9H2,1-2H3. The molecule has 0 aromatic carbocycles. The van der Waals surface area contributed by atoms with Crippen LogP contribution < -0.4 is 0 Å². The van der Waals surface area contributed by atoms with Crippen molar-refractivity contribution in [3.05, 3.63) is 0 Å². The van der Waals surface area contributed by atoms with E-state index in [-0.39, 0.29) is 19.6 Å².